The van der Waals surface area contributed by atoms with E-state index in [2.05, 4.69) is 47.8 Å². The maximum atomic E-state index is 12.2. The van der Waals surface area contributed by atoms with Gasteiger partial charge in [-0.05, 0) is 31.4 Å². The van der Waals surface area contributed by atoms with Gasteiger partial charge < -0.3 is 9.88 Å². The highest BCUT2D eigenvalue weighted by atomic mass is 32.2. The molecule has 0 aromatic carbocycles. The highest BCUT2D eigenvalue weighted by molar-refractivity contribution is 7.98. The summed E-state index contributed by atoms with van der Waals surface area (Å²) in [6.45, 7) is 10.3. The predicted octanol–water partition coefficient (Wildman–Crippen LogP) is 3.92. The number of aryl methyl sites for hydroxylation is 1. The zero-order chi connectivity index (χ0) is 17.9. The van der Waals surface area contributed by atoms with Crippen LogP contribution in [-0.2, 0) is 17.8 Å². The number of rotatable bonds is 12. The van der Waals surface area contributed by atoms with Gasteiger partial charge in [0, 0.05) is 25.4 Å². The molecule has 24 heavy (non-hydrogen) atoms. The Balaban J connectivity index is 2.44. The number of amides is 1. The number of hydrogen-bond acceptors (Lipinski definition) is 4. The summed E-state index contributed by atoms with van der Waals surface area (Å²) in [5.41, 5.74) is 0. The van der Waals surface area contributed by atoms with Crippen LogP contribution in [0.5, 0.6) is 0 Å². The first-order valence-electron chi connectivity index (χ1n) is 9.27. The molecule has 0 aliphatic carbocycles. The zero-order valence-corrected chi connectivity index (χ0v) is 16.8. The molecule has 1 unspecified atom stereocenters. The average molecular weight is 355 g/mol. The van der Waals surface area contributed by atoms with Crippen molar-refractivity contribution in [1.29, 1.82) is 0 Å². The van der Waals surface area contributed by atoms with E-state index < -0.39 is 0 Å². The molecule has 1 heterocycles. The van der Waals surface area contributed by atoms with Gasteiger partial charge in [0.25, 0.3) is 0 Å². The van der Waals surface area contributed by atoms with Crippen molar-refractivity contribution in [3.05, 3.63) is 5.82 Å². The monoisotopic (exact) mass is 354 g/mol. The van der Waals surface area contributed by atoms with Crippen molar-refractivity contribution in [2.75, 3.05) is 12.8 Å². The molecule has 0 spiro atoms. The molecule has 0 saturated heterocycles. The van der Waals surface area contributed by atoms with Crippen LogP contribution in [0.15, 0.2) is 5.16 Å². The summed E-state index contributed by atoms with van der Waals surface area (Å²) in [7, 11) is 0. The first-order chi connectivity index (χ1) is 11.5. The van der Waals surface area contributed by atoms with Gasteiger partial charge in [0.05, 0.1) is 0 Å². The number of carbonyl (C=O) groups excluding carboxylic acids is 1. The Kier molecular flexibility index (Phi) is 10.1. The summed E-state index contributed by atoms with van der Waals surface area (Å²) in [5, 5.41) is 12.7. The van der Waals surface area contributed by atoms with Crippen molar-refractivity contribution in [1.82, 2.24) is 20.1 Å². The Hall–Kier alpha value is -1.04. The molecule has 138 valence electrons. The molecule has 1 aromatic heterocycles. The fraction of sp³-hybridized carbons (Fsp3) is 0.833. The number of thioether (sulfide) groups is 1. The summed E-state index contributed by atoms with van der Waals surface area (Å²) in [5.74, 6) is 1.96. The maximum Gasteiger partial charge on any atom is 0.223 e. The molecule has 0 fully saturated rings. The topological polar surface area (TPSA) is 59.8 Å². The number of nitrogens with one attached hydrogen (secondary N) is 1. The van der Waals surface area contributed by atoms with Crippen LogP contribution in [0, 0.1) is 11.8 Å². The molecule has 1 amide bonds. The van der Waals surface area contributed by atoms with E-state index in [1.807, 2.05) is 6.26 Å². The van der Waals surface area contributed by atoms with Gasteiger partial charge in [-0.25, -0.2) is 0 Å². The lowest BCUT2D eigenvalue weighted by atomic mass is 9.98. The van der Waals surface area contributed by atoms with Crippen LogP contribution in [0.2, 0.25) is 0 Å². The molecule has 6 heteroatoms. The highest BCUT2D eigenvalue weighted by Crippen LogP contribution is 2.17. The van der Waals surface area contributed by atoms with E-state index in [-0.39, 0.29) is 11.8 Å². The van der Waals surface area contributed by atoms with E-state index in [1.54, 1.807) is 11.8 Å². The van der Waals surface area contributed by atoms with Gasteiger partial charge in [0.15, 0.2) is 5.16 Å². The van der Waals surface area contributed by atoms with Crippen molar-refractivity contribution in [3.63, 3.8) is 0 Å². The minimum atomic E-state index is 0.164. The molecule has 1 rings (SSSR count). The van der Waals surface area contributed by atoms with Crippen LogP contribution >= 0.6 is 11.8 Å². The average Bonchev–Trinajstić information content (AvgIpc) is 2.93. The quantitative estimate of drug-likeness (QED) is 0.456. The van der Waals surface area contributed by atoms with Gasteiger partial charge in [-0.3, -0.25) is 4.79 Å². The van der Waals surface area contributed by atoms with Gasteiger partial charge in [0.1, 0.15) is 5.82 Å². The third-order valence-corrected chi connectivity index (χ3v) is 4.84. The normalized spacial score (nSPS) is 12.6. The van der Waals surface area contributed by atoms with Gasteiger partial charge in [-0.15, -0.1) is 10.2 Å². The van der Waals surface area contributed by atoms with Crippen LogP contribution in [0.1, 0.15) is 65.6 Å². The van der Waals surface area contributed by atoms with Gasteiger partial charge in [-0.2, -0.15) is 0 Å². The molecule has 0 radical (unpaired) electrons. The molecule has 0 aliphatic heterocycles. The van der Waals surface area contributed by atoms with Crippen molar-refractivity contribution in [3.8, 4) is 0 Å². The Bertz CT molecular complexity index is 487. The van der Waals surface area contributed by atoms with E-state index in [4.69, 9.17) is 0 Å². The summed E-state index contributed by atoms with van der Waals surface area (Å²) in [6.07, 6.45) is 7.98. The van der Waals surface area contributed by atoms with Crippen molar-refractivity contribution >= 4 is 17.7 Å². The Morgan fingerprint density at radius 1 is 1.25 bits per heavy atom. The molecular formula is C18H34N4OS. The molecule has 1 N–H and O–H groups in total. The van der Waals surface area contributed by atoms with Crippen LogP contribution in [0.4, 0.5) is 0 Å². The fourth-order valence-electron chi connectivity index (χ4n) is 2.78. The molecule has 1 atom stereocenters. The first-order valence-corrected chi connectivity index (χ1v) is 10.5. The number of carbonyl (C=O) groups is 1. The Labute approximate surface area is 151 Å². The number of aromatic nitrogens is 3. The van der Waals surface area contributed by atoms with Gasteiger partial charge >= 0.3 is 0 Å². The first kappa shape index (κ1) is 21.0. The second-order valence-electron chi connectivity index (χ2n) is 6.75. The number of hydrogen-bond donors (Lipinski definition) is 1. The van der Waals surface area contributed by atoms with E-state index in [0.29, 0.717) is 12.5 Å². The predicted molar refractivity (Wildman–Crippen MR) is 101 cm³/mol. The number of unbranched alkanes of at least 4 members (excludes halogenated alkanes) is 1. The smallest absolute Gasteiger partial charge is 0.223 e. The Morgan fingerprint density at radius 3 is 2.58 bits per heavy atom. The lowest BCUT2D eigenvalue weighted by molar-refractivity contribution is -0.125. The highest BCUT2D eigenvalue weighted by Gasteiger charge is 2.16. The van der Waals surface area contributed by atoms with Crippen LogP contribution in [-0.4, -0.2) is 33.5 Å². The van der Waals surface area contributed by atoms with Gasteiger partial charge in [-0.1, -0.05) is 52.3 Å². The van der Waals surface area contributed by atoms with E-state index in [0.717, 1.165) is 56.1 Å². The molecule has 0 saturated carbocycles. The Morgan fingerprint density at radius 2 is 2.00 bits per heavy atom. The molecule has 0 aliphatic rings. The van der Waals surface area contributed by atoms with Crippen LogP contribution < -0.4 is 5.32 Å². The summed E-state index contributed by atoms with van der Waals surface area (Å²) in [6, 6.07) is 0. The largest absolute Gasteiger partial charge is 0.356 e. The van der Waals surface area contributed by atoms with Crippen LogP contribution in [0.25, 0.3) is 0 Å². The third kappa shape index (κ3) is 6.83. The molecule has 5 nitrogen and oxygen atoms in total. The molecular weight excluding hydrogens is 320 g/mol. The lowest BCUT2D eigenvalue weighted by Crippen LogP contribution is -2.31. The second-order valence-corrected chi connectivity index (χ2v) is 7.52. The number of nitrogens with zero attached hydrogens (tertiary/aromatic N) is 3. The standard InChI is InChI=1S/C18H34N4OS/c1-6-8-10-15(7-2)17(23)19-12-9-11-16-20-21-18(24-5)22(16)13-14(3)4/h14-15H,6-13H2,1-5H3,(H,19,23). The lowest BCUT2D eigenvalue weighted by Gasteiger charge is -2.15. The van der Waals surface area contributed by atoms with E-state index >= 15 is 0 Å². The third-order valence-electron chi connectivity index (χ3n) is 4.17. The van der Waals surface area contributed by atoms with Gasteiger partial charge in [0.2, 0.25) is 5.91 Å². The maximum absolute atomic E-state index is 12.2. The van der Waals surface area contributed by atoms with Crippen LogP contribution in [0.3, 0.4) is 0 Å². The second kappa shape index (κ2) is 11.5. The molecule has 0 bridgehead atoms. The minimum absolute atomic E-state index is 0.164. The molecule has 1 aromatic rings. The summed E-state index contributed by atoms with van der Waals surface area (Å²) >= 11 is 1.64. The fourth-order valence-corrected chi connectivity index (χ4v) is 3.30. The van der Waals surface area contributed by atoms with E-state index in [1.165, 1.54) is 0 Å². The van der Waals surface area contributed by atoms with Crippen molar-refractivity contribution in [2.24, 2.45) is 11.8 Å². The summed E-state index contributed by atoms with van der Waals surface area (Å²) in [4.78, 5) is 12.2. The van der Waals surface area contributed by atoms with Crippen molar-refractivity contribution in [2.45, 2.75) is 77.9 Å². The minimum Gasteiger partial charge on any atom is -0.356 e. The van der Waals surface area contributed by atoms with Crippen molar-refractivity contribution < 1.29 is 4.79 Å². The SMILES string of the molecule is CCCCC(CC)C(=O)NCCCc1nnc(SC)n1CC(C)C. The summed E-state index contributed by atoms with van der Waals surface area (Å²) < 4.78 is 2.22. The van der Waals surface area contributed by atoms with E-state index in [9.17, 15) is 4.79 Å². The zero-order valence-electron chi connectivity index (χ0n) is 16.0.